The lowest BCUT2D eigenvalue weighted by molar-refractivity contribution is -0.161. The van der Waals surface area contributed by atoms with Crippen molar-refractivity contribution in [3.05, 3.63) is 58.7 Å². The first-order valence-electron chi connectivity index (χ1n) is 6.47. The molecule has 2 N–H and O–H groups in total. The van der Waals surface area contributed by atoms with Crippen molar-refractivity contribution in [3.63, 3.8) is 0 Å². The second-order valence-corrected chi connectivity index (χ2v) is 5.11. The van der Waals surface area contributed by atoms with E-state index in [4.69, 9.17) is 0 Å². The Labute approximate surface area is 124 Å². The largest absolute Gasteiger partial charge is 0.480 e. The fraction of sp³-hybridized carbons (Fsp3) is 0.125. The Morgan fingerprint density at radius 3 is 2.05 bits per heavy atom. The smallest absolute Gasteiger partial charge is 0.326 e. The summed E-state index contributed by atoms with van der Waals surface area (Å²) in [5.41, 5.74) is -2.85. The molecule has 0 saturated carbocycles. The molecule has 0 fully saturated rings. The molecule has 1 aromatic carbocycles. The van der Waals surface area contributed by atoms with E-state index in [-0.39, 0.29) is 23.1 Å². The third-order valence-corrected chi connectivity index (χ3v) is 4.02. The first-order chi connectivity index (χ1) is 10.4. The van der Waals surface area contributed by atoms with Crippen LogP contribution in [0.25, 0.3) is 0 Å². The number of rotatable bonds is 2. The lowest BCUT2D eigenvalue weighted by Crippen LogP contribution is -2.46. The molecule has 3 rings (SSSR count). The second-order valence-electron chi connectivity index (χ2n) is 5.11. The highest BCUT2D eigenvalue weighted by atomic mass is 16.4. The molecule has 0 aliphatic heterocycles. The number of hydrogen-bond donors (Lipinski definition) is 2. The maximum Gasteiger partial charge on any atom is 0.326 e. The number of carbonyl (C=O) groups excluding carboxylic acids is 2. The highest BCUT2D eigenvalue weighted by Crippen LogP contribution is 2.44. The number of Topliss-reactive ketones (excluding diaryl/α,β-unsaturated/α-hetero) is 2. The third kappa shape index (κ3) is 1.54. The number of hydrogen-bond acceptors (Lipinski definition) is 4. The van der Waals surface area contributed by atoms with Gasteiger partial charge in [0, 0.05) is 22.3 Å². The number of ketones is 2. The molecule has 6 heteroatoms. The van der Waals surface area contributed by atoms with Crippen LogP contribution in [0, 0.1) is 5.41 Å². The number of benzene rings is 1. The number of carbonyl (C=O) groups is 4. The molecule has 0 atom stereocenters. The third-order valence-electron chi connectivity index (χ3n) is 4.02. The summed E-state index contributed by atoms with van der Waals surface area (Å²) >= 11 is 0. The molecule has 0 saturated heterocycles. The summed E-state index contributed by atoms with van der Waals surface area (Å²) in [7, 11) is 0. The summed E-state index contributed by atoms with van der Waals surface area (Å²) in [4.78, 5) is 48.4. The SMILES string of the molecule is O=C1C2=C(C(=O)c3ccccc31)C(C(=O)O)(C(=O)O)CC=C2. The van der Waals surface area contributed by atoms with Crippen LogP contribution >= 0.6 is 0 Å². The van der Waals surface area contributed by atoms with Gasteiger partial charge in [0.2, 0.25) is 0 Å². The van der Waals surface area contributed by atoms with E-state index in [9.17, 15) is 29.4 Å². The summed E-state index contributed by atoms with van der Waals surface area (Å²) < 4.78 is 0. The zero-order valence-corrected chi connectivity index (χ0v) is 11.2. The van der Waals surface area contributed by atoms with Gasteiger partial charge in [-0.25, -0.2) is 0 Å². The van der Waals surface area contributed by atoms with E-state index in [0.29, 0.717) is 0 Å². The monoisotopic (exact) mass is 298 g/mol. The van der Waals surface area contributed by atoms with Crippen LogP contribution < -0.4 is 0 Å². The molecule has 2 aliphatic carbocycles. The standard InChI is InChI=1S/C16H10O6/c17-12-8-4-1-2-5-9(8)13(18)11-10(12)6-3-7-16(11,14(19)20)15(21)22/h1-6H,7H2,(H,19,20)(H,21,22). The molecule has 2 aliphatic rings. The van der Waals surface area contributed by atoms with Gasteiger partial charge in [-0.15, -0.1) is 0 Å². The molecule has 0 spiro atoms. The Kier molecular flexibility index (Phi) is 2.84. The number of allylic oxidation sites excluding steroid dienone is 3. The molecule has 0 bridgehead atoms. The van der Waals surface area contributed by atoms with Crippen molar-refractivity contribution >= 4 is 23.5 Å². The van der Waals surface area contributed by atoms with Crippen molar-refractivity contribution in [2.45, 2.75) is 6.42 Å². The Bertz CT molecular complexity index is 798. The van der Waals surface area contributed by atoms with Crippen molar-refractivity contribution < 1.29 is 29.4 Å². The van der Waals surface area contributed by atoms with Crippen LogP contribution in [0.4, 0.5) is 0 Å². The second kappa shape index (κ2) is 4.49. The zero-order valence-electron chi connectivity index (χ0n) is 11.2. The van der Waals surface area contributed by atoms with Gasteiger partial charge < -0.3 is 10.2 Å². The fourth-order valence-corrected chi connectivity index (χ4v) is 2.91. The molecule has 22 heavy (non-hydrogen) atoms. The summed E-state index contributed by atoms with van der Waals surface area (Å²) in [5, 5.41) is 18.9. The zero-order chi connectivity index (χ0) is 16.1. The lowest BCUT2D eigenvalue weighted by Gasteiger charge is -2.32. The van der Waals surface area contributed by atoms with E-state index in [1.54, 1.807) is 6.07 Å². The van der Waals surface area contributed by atoms with Crippen LogP contribution in [-0.4, -0.2) is 33.7 Å². The summed E-state index contributed by atoms with van der Waals surface area (Å²) in [6, 6.07) is 5.98. The minimum Gasteiger partial charge on any atom is -0.480 e. The van der Waals surface area contributed by atoms with Crippen molar-refractivity contribution in [1.29, 1.82) is 0 Å². The van der Waals surface area contributed by atoms with Crippen molar-refractivity contribution in [3.8, 4) is 0 Å². The number of aliphatic carboxylic acids is 2. The van der Waals surface area contributed by atoms with Gasteiger partial charge in [-0.2, -0.15) is 0 Å². The lowest BCUT2D eigenvalue weighted by atomic mass is 9.66. The van der Waals surface area contributed by atoms with Crippen LogP contribution in [0.1, 0.15) is 27.1 Å². The van der Waals surface area contributed by atoms with E-state index in [1.807, 2.05) is 0 Å². The van der Waals surface area contributed by atoms with Gasteiger partial charge in [0.25, 0.3) is 0 Å². The van der Waals surface area contributed by atoms with E-state index in [1.165, 1.54) is 30.4 Å². The topological polar surface area (TPSA) is 109 Å². The highest BCUT2D eigenvalue weighted by Gasteiger charge is 2.56. The maximum absolute atomic E-state index is 12.7. The Morgan fingerprint density at radius 1 is 0.955 bits per heavy atom. The summed E-state index contributed by atoms with van der Waals surface area (Å²) in [6.07, 6.45) is 2.26. The van der Waals surface area contributed by atoms with Crippen LogP contribution in [0.2, 0.25) is 0 Å². The van der Waals surface area contributed by atoms with Crippen molar-refractivity contribution in [2.24, 2.45) is 5.41 Å². The van der Waals surface area contributed by atoms with Crippen LogP contribution in [0.5, 0.6) is 0 Å². The average molecular weight is 298 g/mol. The van der Waals surface area contributed by atoms with Gasteiger partial charge in [-0.05, 0) is 6.42 Å². The van der Waals surface area contributed by atoms with E-state index in [2.05, 4.69) is 0 Å². The molecule has 0 amide bonds. The minimum absolute atomic E-state index is 0.0356. The van der Waals surface area contributed by atoms with Crippen molar-refractivity contribution in [2.75, 3.05) is 0 Å². The molecule has 0 heterocycles. The van der Waals surface area contributed by atoms with Crippen LogP contribution in [0.15, 0.2) is 47.6 Å². The Morgan fingerprint density at radius 2 is 1.50 bits per heavy atom. The number of carboxylic acids is 2. The fourth-order valence-electron chi connectivity index (χ4n) is 2.91. The van der Waals surface area contributed by atoms with Gasteiger partial charge in [0.05, 0.1) is 0 Å². The first-order valence-corrected chi connectivity index (χ1v) is 6.47. The summed E-state index contributed by atoms with van der Waals surface area (Å²) in [5.74, 6) is -4.57. The minimum atomic E-state index is -2.43. The summed E-state index contributed by atoms with van der Waals surface area (Å²) in [6.45, 7) is 0. The van der Waals surface area contributed by atoms with E-state index < -0.39 is 34.5 Å². The molecule has 1 aromatic rings. The van der Waals surface area contributed by atoms with Gasteiger partial charge >= 0.3 is 11.9 Å². The number of carboxylic acid groups (broad SMARTS) is 2. The molecule has 6 nitrogen and oxygen atoms in total. The molecular weight excluding hydrogens is 288 g/mol. The molecule has 0 aromatic heterocycles. The molecular formula is C16H10O6. The van der Waals surface area contributed by atoms with Gasteiger partial charge in [-0.3, -0.25) is 19.2 Å². The van der Waals surface area contributed by atoms with Crippen molar-refractivity contribution in [1.82, 2.24) is 0 Å². The molecule has 110 valence electrons. The van der Waals surface area contributed by atoms with E-state index in [0.717, 1.165) is 0 Å². The normalized spacial score (nSPS) is 18.7. The van der Waals surface area contributed by atoms with Crippen LogP contribution in [0.3, 0.4) is 0 Å². The molecule has 0 unspecified atom stereocenters. The quantitative estimate of drug-likeness (QED) is 0.800. The predicted molar refractivity (Wildman–Crippen MR) is 73.6 cm³/mol. The predicted octanol–water partition coefficient (Wildman–Crippen LogP) is 1.48. The highest BCUT2D eigenvalue weighted by molar-refractivity contribution is 6.31. The van der Waals surface area contributed by atoms with Crippen LogP contribution in [-0.2, 0) is 9.59 Å². The van der Waals surface area contributed by atoms with Gasteiger partial charge in [0.15, 0.2) is 17.0 Å². The van der Waals surface area contributed by atoms with E-state index >= 15 is 0 Å². The first kappa shape index (κ1) is 13.9. The maximum atomic E-state index is 12.7. The van der Waals surface area contributed by atoms with Gasteiger partial charge in [-0.1, -0.05) is 36.4 Å². The molecule has 0 radical (unpaired) electrons. The Balaban J connectivity index is 2.35. The number of fused-ring (bicyclic) bond motifs is 1. The van der Waals surface area contributed by atoms with Gasteiger partial charge in [0.1, 0.15) is 0 Å². The Hall–Kier alpha value is -3.02. The average Bonchev–Trinajstić information content (AvgIpc) is 2.51.